The smallest absolute Gasteiger partial charge is 0.115 e. The van der Waals surface area contributed by atoms with Crippen LogP contribution in [-0.4, -0.2) is 28.3 Å². The van der Waals surface area contributed by atoms with Crippen LogP contribution < -0.4 is 0 Å². The van der Waals surface area contributed by atoms with Crippen molar-refractivity contribution in [3.05, 3.63) is 24.3 Å². The predicted molar refractivity (Wildman–Crippen MR) is 50.5 cm³/mol. The van der Waals surface area contributed by atoms with Gasteiger partial charge in [-0.15, -0.1) is 0 Å². The molecule has 0 aliphatic carbocycles. The van der Waals surface area contributed by atoms with Crippen LogP contribution in [0, 0.1) is 5.92 Å². The number of aliphatic hydroxyl groups excluding tert-OH is 1. The van der Waals surface area contributed by atoms with E-state index in [-0.39, 0.29) is 5.92 Å². The lowest BCUT2D eigenvalue weighted by Gasteiger charge is -2.26. The molecule has 0 saturated carbocycles. The van der Waals surface area contributed by atoms with Crippen LogP contribution in [0.3, 0.4) is 0 Å². The molecule has 1 N–H and O–H groups in total. The first-order valence-corrected chi connectivity index (χ1v) is 4.88. The molecule has 0 amide bonds. The number of aliphatic hydroxyl groups is 1. The lowest BCUT2D eigenvalue weighted by atomic mass is 9.91. The van der Waals surface area contributed by atoms with Crippen molar-refractivity contribution in [3.8, 4) is 0 Å². The largest absolute Gasteiger partial charge is 0.388 e. The highest BCUT2D eigenvalue weighted by Crippen LogP contribution is 2.28. The van der Waals surface area contributed by atoms with E-state index in [2.05, 4.69) is 9.97 Å². The monoisotopic (exact) mass is 194 g/mol. The summed E-state index contributed by atoms with van der Waals surface area (Å²) in [5, 5.41) is 10.0. The fourth-order valence-electron chi connectivity index (χ4n) is 1.77. The summed E-state index contributed by atoms with van der Waals surface area (Å²) in [6.45, 7) is 1.49. The van der Waals surface area contributed by atoms with Gasteiger partial charge >= 0.3 is 0 Å². The Morgan fingerprint density at radius 1 is 1.29 bits per heavy atom. The summed E-state index contributed by atoms with van der Waals surface area (Å²) in [5.41, 5.74) is 0.805. The van der Waals surface area contributed by atoms with Crippen LogP contribution in [0.5, 0.6) is 0 Å². The minimum absolute atomic E-state index is 0.287. The van der Waals surface area contributed by atoms with Gasteiger partial charge in [-0.05, 0) is 18.8 Å². The highest BCUT2D eigenvalue weighted by molar-refractivity contribution is 5.07. The molecule has 1 atom stereocenters. The number of aromatic nitrogens is 2. The van der Waals surface area contributed by atoms with Crippen LogP contribution in [0.1, 0.15) is 24.5 Å². The fourth-order valence-corrected chi connectivity index (χ4v) is 1.77. The van der Waals surface area contributed by atoms with Crippen molar-refractivity contribution in [2.24, 2.45) is 5.92 Å². The van der Waals surface area contributed by atoms with Crippen LogP contribution in [-0.2, 0) is 4.74 Å². The summed E-state index contributed by atoms with van der Waals surface area (Å²) in [6, 6.07) is 0. The summed E-state index contributed by atoms with van der Waals surface area (Å²) >= 11 is 0. The summed E-state index contributed by atoms with van der Waals surface area (Å²) in [4.78, 5) is 7.80. The molecule has 4 heteroatoms. The Morgan fingerprint density at radius 2 is 1.93 bits per heavy atom. The van der Waals surface area contributed by atoms with Gasteiger partial charge in [-0.3, -0.25) is 0 Å². The number of ether oxygens (including phenoxy) is 1. The van der Waals surface area contributed by atoms with E-state index >= 15 is 0 Å². The molecule has 1 aliphatic heterocycles. The highest BCUT2D eigenvalue weighted by Gasteiger charge is 2.23. The van der Waals surface area contributed by atoms with E-state index in [1.807, 2.05) is 0 Å². The molecule has 0 radical (unpaired) electrons. The minimum Gasteiger partial charge on any atom is -0.388 e. The standard InChI is InChI=1S/C10H14N2O2/c13-10(8-1-3-14-4-2-8)9-5-11-7-12-6-9/h5-8,10,13H,1-4H2. The van der Waals surface area contributed by atoms with Crippen LogP contribution in [0.4, 0.5) is 0 Å². The maximum Gasteiger partial charge on any atom is 0.115 e. The summed E-state index contributed by atoms with van der Waals surface area (Å²) in [5.74, 6) is 0.287. The lowest BCUT2D eigenvalue weighted by Crippen LogP contribution is -2.22. The third kappa shape index (κ3) is 2.08. The van der Waals surface area contributed by atoms with E-state index < -0.39 is 6.10 Å². The zero-order chi connectivity index (χ0) is 9.80. The van der Waals surface area contributed by atoms with Crippen molar-refractivity contribution in [1.29, 1.82) is 0 Å². The lowest BCUT2D eigenvalue weighted by molar-refractivity contribution is 0.00693. The molecule has 1 aromatic rings. The molecule has 0 aromatic carbocycles. The van der Waals surface area contributed by atoms with Crippen LogP contribution >= 0.6 is 0 Å². The molecule has 76 valence electrons. The number of rotatable bonds is 2. The first-order valence-electron chi connectivity index (χ1n) is 4.88. The zero-order valence-corrected chi connectivity index (χ0v) is 7.97. The van der Waals surface area contributed by atoms with Crippen LogP contribution in [0.2, 0.25) is 0 Å². The van der Waals surface area contributed by atoms with Gasteiger partial charge in [0.2, 0.25) is 0 Å². The maximum atomic E-state index is 10.0. The van der Waals surface area contributed by atoms with E-state index in [0.29, 0.717) is 0 Å². The minimum atomic E-state index is -0.444. The van der Waals surface area contributed by atoms with E-state index in [1.165, 1.54) is 6.33 Å². The van der Waals surface area contributed by atoms with Gasteiger partial charge < -0.3 is 9.84 Å². The number of hydrogen-bond acceptors (Lipinski definition) is 4. The van der Waals surface area contributed by atoms with Gasteiger partial charge in [-0.25, -0.2) is 9.97 Å². The third-order valence-corrected chi connectivity index (χ3v) is 2.63. The predicted octanol–water partition coefficient (Wildman–Crippen LogP) is 0.937. The highest BCUT2D eigenvalue weighted by atomic mass is 16.5. The Labute approximate surface area is 83.0 Å². The third-order valence-electron chi connectivity index (χ3n) is 2.63. The van der Waals surface area contributed by atoms with Crippen molar-refractivity contribution >= 4 is 0 Å². The van der Waals surface area contributed by atoms with Crippen molar-refractivity contribution in [3.63, 3.8) is 0 Å². The normalized spacial score (nSPS) is 20.6. The SMILES string of the molecule is OC(c1cncnc1)C1CCOCC1. The summed E-state index contributed by atoms with van der Waals surface area (Å²) in [6.07, 6.45) is 6.20. The molecule has 2 rings (SSSR count). The van der Waals surface area contributed by atoms with Crippen LogP contribution in [0.15, 0.2) is 18.7 Å². The molecule has 1 saturated heterocycles. The fraction of sp³-hybridized carbons (Fsp3) is 0.600. The molecule has 0 bridgehead atoms. The molecule has 0 spiro atoms. The first kappa shape index (κ1) is 9.55. The Balaban J connectivity index is 2.03. The molecule has 1 aliphatic rings. The molecule has 1 aromatic heterocycles. The summed E-state index contributed by atoms with van der Waals surface area (Å²) in [7, 11) is 0. The second-order valence-electron chi connectivity index (χ2n) is 3.57. The van der Waals surface area contributed by atoms with E-state index in [4.69, 9.17) is 4.74 Å². The van der Waals surface area contributed by atoms with Gasteiger partial charge in [0, 0.05) is 31.2 Å². The molecule has 1 fully saturated rings. The number of hydrogen-bond donors (Lipinski definition) is 1. The molecule has 14 heavy (non-hydrogen) atoms. The Hall–Kier alpha value is -1.00. The van der Waals surface area contributed by atoms with Crippen molar-refractivity contribution in [1.82, 2.24) is 9.97 Å². The Morgan fingerprint density at radius 3 is 2.57 bits per heavy atom. The topological polar surface area (TPSA) is 55.2 Å². The van der Waals surface area contributed by atoms with Gasteiger partial charge in [-0.1, -0.05) is 0 Å². The quantitative estimate of drug-likeness (QED) is 0.761. The average Bonchev–Trinajstić information content (AvgIpc) is 2.30. The molecular weight excluding hydrogens is 180 g/mol. The van der Waals surface area contributed by atoms with Crippen molar-refractivity contribution in [2.75, 3.05) is 13.2 Å². The molecule has 4 nitrogen and oxygen atoms in total. The van der Waals surface area contributed by atoms with Gasteiger partial charge in [-0.2, -0.15) is 0 Å². The Bertz CT molecular complexity index is 273. The van der Waals surface area contributed by atoms with E-state index in [0.717, 1.165) is 31.6 Å². The number of nitrogens with zero attached hydrogens (tertiary/aromatic N) is 2. The van der Waals surface area contributed by atoms with Crippen molar-refractivity contribution in [2.45, 2.75) is 18.9 Å². The molecular formula is C10H14N2O2. The summed E-state index contributed by atoms with van der Waals surface area (Å²) < 4.78 is 5.24. The molecule has 1 unspecified atom stereocenters. The first-order chi connectivity index (χ1) is 6.88. The maximum absolute atomic E-state index is 10.0. The van der Waals surface area contributed by atoms with Crippen molar-refractivity contribution < 1.29 is 9.84 Å². The Kier molecular flexibility index (Phi) is 3.06. The van der Waals surface area contributed by atoms with Gasteiger partial charge in [0.25, 0.3) is 0 Å². The molecule has 2 heterocycles. The van der Waals surface area contributed by atoms with Gasteiger partial charge in [0.05, 0.1) is 6.10 Å². The second kappa shape index (κ2) is 4.48. The van der Waals surface area contributed by atoms with E-state index in [9.17, 15) is 5.11 Å². The van der Waals surface area contributed by atoms with Gasteiger partial charge in [0.15, 0.2) is 0 Å². The second-order valence-corrected chi connectivity index (χ2v) is 3.57. The van der Waals surface area contributed by atoms with Gasteiger partial charge in [0.1, 0.15) is 6.33 Å². The van der Waals surface area contributed by atoms with Crippen LogP contribution in [0.25, 0.3) is 0 Å². The van der Waals surface area contributed by atoms with E-state index in [1.54, 1.807) is 12.4 Å². The zero-order valence-electron chi connectivity index (χ0n) is 7.97. The average molecular weight is 194 g/mol.